The second-order valence-electron chi connectivity index (χ2n) is 8.75. The molecule has 0 aliphatic heterocycles. The fourth-order valence-electron chi connectivity index (χ4n) is 5.77. The number of aryl methyl sites for hydroxylation is 1. The number of hydrogen-bond acceptors (Lipinski definition) is 2. The number of hydrogen-bond donors (Lipinski definition) is 0. The third-order valence-electron chi connectivity index (χ3n) is 6.94. The maximum absolute atomic E-state index is 4.90. The van der Waals surface area contributed by atoms with Crippen LogP contribution < -0.4 is 0 Å². The third-order valence-corrected chi connectivity index (χ3v) is 6.94. The van der Waals surface area contributed by atoms with E-state index in [0.717, 1.165) is 23.0 Å². The van der Waals surface area contributed by atoms with Gasteiger partial charge in [0, 0.05) is 28.6 Å². The molecule has 1 aliphatic carbocycles. The van der Waals surface area contributed by atoms with Crippen molar-refractivity contribution in [3.05, 3.63) is 60.0 Å². The molecule has 0 bridgehead atoms. The fourth-order valence-corrected chi connectivity index (χ4v) is 5.77. The normalized spacial score (nSPS) is 15.9. The Bertz CT molecular complexity index is 1550. The Morgan fingerprint density at radius 3 is 2.83 bits per heavy atom. The smallest absolute Gasteiger partial charge is 0.220 e. The van der Waals surface area contributed by atoms with Crippen molar-refractivity contribution in [2.45, 2.75) is 39.0 Å². The molecule has 0 unspecified atom stereocenters. The number of aromatic nitrogens is 4. The molecule has 29 heavy (non-hydrogen) atoms. The summed E-state index contributed by atoms with van der Waals surface area (Å²) in [5.74, 6) is 1.77. The molecule has 0 N–H and O–H groups in total. The van der Waals surface area contributed by atoms with Gasteiger partial charge in [0.2, 0.25) is 5.78 Å². The first kappa shape index (κ1) is 15.7. The van der Waals surface area contributed by atoms with Crippen LogP contribution in [0.3, 0.4) is 0 Å². The minimum Gasteiger partial charge on any atom is -0.278 e. The number of nitrogens with zero attached hydrogens (tertiary/aromatic N) is 4. The summed E-state index contributed by atoms with van der Waals surface area (Å²) in [5, 5.41) is 5.28. The predicted octanol–water partition coefficient (Wildman–Crippen LogP) is 5.92. The van der Waals surface area contributed by atoms with Crippen LogP contribution in [-0.2, 0) is 6.42 Å². The molecule has 4 heteroatoms. The zero-order chi connectivity index (χ0) is 19.1. The summed E-state index contributed by atoms with van der Waals surface area (Å²) < 4.78 is 4.53. The van der Waals surface area contributed by atoms with Crippen molar-refractivity contribution in [2.24, 2.45) is 5.92 Å². The van der Waals surface area contributed by atoms with E-state index in [9.17, 15) is 0 Å². The van der Waals surface area contributed by atoms with Gasteiger partial charge in [0.05, 0.1) is 16.7 Å². The van der Waals surface area contributed by atoms with Crippen LogP contribution in [-0.4, -0.2) is 18.8 Å². The van der Waals surface area contributed by atoms with Crippen LogP contribution in [0, 0.1) is 12.8 Å². The molecule has 7 rings (SSSR count). The molecule has 142 valence electrons. The van der Waals surface area contributed by atoms with E-state index in [0.29, 0.717) is 0 Å². The first-order chi connectivity index (χ1) is 14.3. The molecule has 1 aliphatic rings. The zero-order valence-corrected chi connectivity index (χ0v) is 16.5. The summed E-state index contributed by atoms with van der Waals surface area (Å²) in [6, 6.07) is 13.4. The van der Waals surface area contributed by atoms with Crippen molar-refractivity contribution in [1.82, 2.24) is 18.8 Å². The summed E-state index contributed by atoms with van der Waals surface area (Å²) in [7, 11) is 0. The molecule has 4 aromatic heterocycles. The van der Waals surface area contributed by atoms with E-state index in [-0.39, 0.29) is 0 Å². The minimum absolute atomic E-state index is 0.811. The molecule has 1 fully saturated rings. The Balaban J connectivity index is 1.76. The lowest BCUT2D eigenvalue weighted by atomic mass is 9.92. The van der Waals surface area contributed by atoms with Crippen molar-refractivity contribution >= 4 is 44.0 Å². The Hall–Kier alpha value is -3.14. The predicted molar refractivity (Wildman–Crippen MR) is 118 cm³/mol. The highest BCUT2D eigenvalue weighted by Gasteiger charge is 2.24. The maximum atomic E-state index is 4.90. The lowest BCUT2D eigenvalue weighted by Gasteiger charge is -2.15. The summed E-state index contributed by atoms with van der Waals surface area (Å²) >= 11 is 0. The Labute approximate surface area is 168 Å². The van der Waals surface area contributed by atoms with Crippen molar-refractivity contribution in [3.8, 4) is 0 Å². The van der Waals surface area contributed by atoms with Gasteiger partial charge in [-0.3, -0.25) is 8.80 Å². The van der Waals surface area contributed by atoms with Crippen molar-refractivity contribution < 1.29 is 0 Å². The van der Waals surface area contributed by atoms with Crippen molar-refractivity contribution in [3.63, 3.8) is 0 Å². The second-order valence-corrected chi connectivity index (χ2v) is 8.75. The van der Waals surface area contributed by atoms with E-state index in [1.165, 1.54) is 70.2 Å². The number of imidazole rings is 1. The lowest BCUT2D eigenvalue weighted by Crippen LogP contribution is -2.03. The molecule has 0 atom stereocenters. The van der Waals surface area contributed by atoms with Crippen LogP contribution in [0.2, 0.25) is 0 Å². The van der Waals surface area contributed by atoms with Crippen LogP contribution in [0.25, 0.3) is 44.0 Å². The molecule has 1 saturated carbocycles. The molecule has 4 nitrogen and oxygen atoms in total. The number of benzene rings is 2. The largest absolute Gasteiger partial charge is 0.278 e. The molecule has 4 heterocycles. The number of para-hydroxylation sites is 1. The van der Waals surface area contributed by atoms with Gasteiger partial charge in [0.25, 0.3) is 0 Å². The number of pyridine rings is 1. The molecule has 0 saturated heterocycles. The highest BCUT2D eigenvalue weighted by atomic mass is 15.2. The average molecular weight is 378 g/mol. The summed E-state index contributed by atoms with van der Waals surface area (Å²) in [6.45, 7) is 2.06. The minimum atomic E-state index is 0.811. The standard InChI is InChI=1S/C25H22N4/c1-15-14-28-24-22-17(10-11-26-24)13-18(12-16-6-2-3-7-16)21-19-8-4-5-9-20(19)29(23(21)22)25(28)27-15/h4-5,8-11,13-14,16H,2-3,6-7,12H2,1H3. The van der Waals surface area contributed by atoms with Crippen molar-refractivity contribution in [2.75, 3.05) is 0 Å². The Morgan fingerprint density at radius 1 is 1.07 bits per heavy atom. The number of fused-ring (bicyclic) bond motifs is 6. The van der Waals surface area contributed by atoms with E-state index in [1.54, 1.807) is 0 Å². The SMILES string of the molecule is Cc1cn2c3nccc4cc(CC5CCCC5)c5c6ccccc6n(c5c43)c2n1. The molecule has 0 spiro atoms. The molecule has 6 aromatic rings. The molecular formula is C25H22N4. The van der Waals surface area contributed by atoms with Gasteiger partial charge in [0.15, 0.2) is 0 Å². The van der Waals surface area contributed by atoms with E-state index >= 15 is 0 Å². The summed E-state index contributed by atoms with van der Waals surface area (Å²) in [5.41, 5.74) is 6.04. The van der Waals surface area contributed by atoms with Gasteiger partial charge < -0.3 is 0 Å². The van der Waals surface area contributed by atoms with E-state index in [1.807, 2.05) is 6.20 Å². The van der Waals surface area contributed by atoms with E-state index in [2.05, 4.69) is 58.3 Å². The highest BCUT2D eigenvalue weighted by Crippen LogP contribution is 2.41. The summed E-state index contributed by atoms with van der Waals surface area (Å²) in [6.07, 6.45) is 10.7. The Morgan fingerprint density at radius 2 is 1.93 bits per heavy atom. The monoisotopic (exact) mass is 378 g/mol. The zero-order valence-electron chi connectivity index (χ0n) is 16.5. The van der Waals surface area contributed by atoms with Crippen LogP contribution in [0.4, 0.5) is 0 Å². The maximum Gasteiger partial charge on any atom is 0.220 e. The van der Waals surface area contributed by atoms with Crippen LogP contribution in [0.1, 0.15) is 36.9 Å². The van der Waals surface area contributed by atoms with Gasteiger partial charge in [0.1, 0.15) is 5.65 Å². The highest BCUT2D eigenvalue weighted by molar-refractivity contribution is 6.23. The van der Waals surface area contributed by atoms with E-state index in [4.69, 9.17) is 9.97 Å². The average Bonchev–Trinajstić information content (AvgIpc) is 3.44. The van der Waals surface area contributed by atoms with Gasteiger partial charge in [-0.15, -0.1) is 0 Å². The van der Waals surface area contributed by atoms with E-state index < -0.39 is 0 Å². The molecule has 0 amide bonds. The van der Waals surface area contributed by atoms with Crippen molar-refractivity contribution in [1.29, 1.82) is 0 Å². The van der Waals surface area contributed by atoms with Gasteiger partial charge in [-0.2, -0.15) is 0 Å². The van der Waals surface area contributed by atoms with Gasteiger partial charge in [-0.05, 0) is 42.3 Å². The number of rotatable bonds is 2. The topological polar surface area (TPSA) is 34.6 Å². The second kappa shape index (κ2) is 5.47. The molecule has 0 radical (unpaired) electrons. The van der Waals surface area contributed by atoms with Gasteiger partial charge >= 0.3 is 0 Å². The molecular weight excluding hydrogens is 356 g/mol. The Kier molecular flexibility index (Phi) is 2.97. The third kappa shape index (κ3) is 1.99. The quantitative estimate of drug-likeness (QED) is 0.375. The first-order valence-electron chi connectivity index (χ1n) is 10.7. The van der Waals surface area contributed by atoms with Crippen LogP contribution >= 0.6 is 0 Å². The van der Waals surface area contributed by atoms with Gasteiger partial charge in [-0.25, -0.2) is 9.97 Å². The lowest BCUT2D eigenvalue weighted by molar-refractivity contribution is 0.549. The van der Waals surface area contributed by atoms with Crippen LogP contribution in [0.5, 0.6) is 0 Å². The fraction of sp³-hybridized carbons (Fsp3) is 0.280. The first-order valence-corrected chi connectivity index (χ1v) is 10.7. The van der Waals surface area contributed by atoms with Gasteiger partial charge in [-0.1, -0.05) is 49.9 Å². The van der Waals surface area contributed by atoms with Crippen LogP contribution in [0.15, 0.2) is 48.8 Å². The summed E-state index contributed by atoms with van der Waals surface area (Å²) in [4.78, 5) is 9.69. The molecule has 2 aromatic carbocycles.